The van der Waals surface area contributed by atoms with Gasteiger partial charge in [0.1, 0.15) is 5.82 Å². The Morgan fingerprint density at radius 1 is 1.53 bits per heavy atom. The van der Waals surface area contributed by atoms with Crippen molar-refractivity contribution in [1.82, 2.24) is 5.32 Å². The SMILES string of the molecule is CCCC(Cl)CNC(=O)c1cc(C)ccc1F. The van der Waals surface area contributed by atoms with Crippen LogP contribution >= 0.6 is 11.6 Å². The van der Waals surface area contributed by atoms with E-state index < -0.39 is 11.7 Å². The summed E-state index contributed by atoms with van der Waals surface area (Å²) in [6.07, 6.45) is 1.79. The second kappa shape index (κ2) is 6.60. The van der Waals surface area contributed by atoms with Gasteiger partial charge in [-0.3, -0.25) is 4.79 Å². The Hall–Kier alpha value is -1.09. The second-order valence-electron chi connectivity index (χ2n) is 4.08. The molecule has 0 heterocycles. The molecule has 1 aromatic rings. The summed E-state index contributed by atoms with van der Waals surface area (Å²) in [7, 11) is 0. The third kappa shape index (κ3) is 4.35. The Balaban J connectivity index is 2.61. The number of rotatable bonds is 5. The smallest absolute Gasteiger partial charge is 0.254 e. The first-order valence-electron chi connectivity index (χ1n) is 5.73. The van der Waals surface area contributed by atoms with Gasteiger partial charge in [0.05, 0.1) is 10.9 Å². The Morgan fingerprint density at radius 3 is 2.88 bits per heavy atom. The highest BCUT2D eigenvalue weighted by molar-refractivity contribution is 6.20. The van der Waals surface area contributed by atoms with E-state index in [0.29, 0.717) is 6.54 Å². The molecule has 17 heavy (non-hydrogen) atoms. The van der Waals surface area contributed by atoms with E-state index in [1.165, 1.54) is 12.1 Å². The van der Waals surface area contributed by atoms with Crippen molar-refractivity contribution in [2.45, 2.75) is 32.1 Å². The number of aryl methyl sites for hydroxylation is 1. The van der Waals surface area contributed by atoms with Crippen LogP contribution in [0.1, 0.15) is 35.7 Å². The first kappa shape index (κ1) is 14.0. The Labute approximate surface area is 106 Å². The molecule has 0 fully saturated rings. The molecule has 1 unspecified atom stereocenters. The zero-order chi connectivity index (χ0) is 12.8. The molecule has 1 atom stereocenters. The number of hydrogen-bond donors (Lipinski definition) is 1. The van der Waals surface area contributed by atoms with Crippen LogP contribution in [-0.2, 0) is 0 Å². The third-order valence-corrected chi connectivity index (χ3v) is 2.83. The van der Waals surface area contributed by atoms with Crippen LogP contribution in [0.2, 0.25) is 0 Å². The van der Waals surface area contributed by atoms with Crippen molar-refractivity contribution in [3.63, 3.8) is 0 Å². The van der Waals surface area contributed by atoms with E-state index in [-0.39, 0.29) is 10.9 Å². The summed E-state index contributed by atoms with van der Waals surface area (Å²) in [6, 6.07) is 4.47. The largest absolute Gasteiger partial charge is 0.350 e. The van der Waals surface area contributed by atoms with Crippen LogP contribution in [-0.4, -0.2) is 17.8 Å². The maximum absolute atomic E-state index is 13.4. The average molecular weight is 258 g/mol. The minimum absolute atomic E-state index is 0.0744. The average Bonchev–Trinajstić information content (AvgIpc) is 2.29. The van der Waals surface area contributed by atoms with Crippen molar-refractivity contribution >= 4 is 17.5 Å². The van der Waals surface area contributed by atoms with Crippen LogP contribution in [0.4, 0.5) is 4.39 Å². The summed E-state index contributed by atoms with van der Waals surface area (Å²) < 4.78 is 13.4. The lowest BCUT2D eigenvalue weighted by Gasteiger charge is -2.10. The van der Waals surface area contributed by atoms with Gasteiger partial charge in [0.15, 0.2) is 0 Å². The van der Waals surface area contributed by atoms with E-state index in [1.54, 1.807) is 6.07 Å². The van der Waals surface area contributed by atoms with Gasteiger partial charge in [0, 0.05) is 6.54 Å². The molecule has 94 valence electrons. The summed E-state index contributed by atoms with van der Waals surface area (Å²) in [4.78, 5) is 11.7. The Morgan fingerprint density at radius 2 is 2.24 bits per heavy atom. The molecule has 2 nitrogen and oxygen atoms in total. The summed E-state index contributed by atoms with van der Waals surface area (Å²) >= 11 is 5.98. The molecule has 1 rings (SSSR count). The summed E-state index contributed by atoms with van der Waals surface area (Å²) in [6.45, 7) is 4.21. The standard InChI is InChI=1S/C13H17ClFNO/c1-3-4-10(14)8-16-13(17)11-7-9(2)5-6-12(11)15/h5-7,10H,3-4,8H2,1-2H3,(H,16,17). The van der Waals surface area contributed by atoms with Crippen LogP contribution in [0.15, 0.2) is 18.2 Å². The predicted molar refractivity (Wildman–Crippen MR) is 68.0 cm³/mol. The fraction of sp³-hybridized carbons (Fsp3) is 0.462. The molecule has 0 saturated heterocycles. The van der Waals surface area contributed by atoms with Gasteiger partial charge in [-0.25, -0.2) is 4.39 Å². The van der Waals surface area contributed by atoms with Crippen LogP contribution in [0.25, 0.3) is 0 Å². The fourth-order valence-electron chi connectivity index (χ4n) is 1.53. The van der Waals surface area contributed by atoms with Crippen LogP contribution in [0, 0.1) is 12.7 Å². The van der Waals surface area contributed by atoms with Crippen LogP contribution < -0.4 is 5.32 Å². The molecule has 0 aliphatic carbocycles. The van der Waals surface area contributed by atoms with E-state index in [4.69, 9.17) is 11.6 Å². The molecule has 1 aromatic carbocycles. The van der Waals surface area contributed by atoms with Crippen molar-refractivity contribution < 1.29 is 9.18 Å². The van der Waals surface area contributed by atoms with Gasteiger partial charge in [-0.2, -0.15) is 0 Å². The molecule has 4 heteroatoms. The first-order chi connectivity index (χ1) is 8.04. The molecule has 1 amide bonds. The van der Waals surface area contributed by atoms with Crippen LogP contribution in [0.5, 0.6) is 0 Å². The number of amides is 1. The number of benzene rings is 1. The highest BCUT2D eigenvalue weighted by Gasteiger charge is 2.12. The number of carbonyl (C=O) groups is 1. The molecule has 0 aliphatic heterocycles. The topological polar surface area (TPSA) is 29.1 Å². The minimum Gasteiger partial charge on any atom is -0.350 e. The Kier molecular flexibility index (Phi) is 5.42. The molecular weight excluding hydrogens is 241 g/mol. The van der Waals surface area contributed by atoms with E-state index in [1.807, 2.05) is 13.8 Å². The second-order valence-corrected chi connectivity index (χ2v) is 4.70. The summed E-state index contributed by atoms with van der Waals surface area (Å²) in [5.74, 6) is -0.914. The van der Waals surface area contributed by atoms with E-state index in [2.05, 4.69) is 5.32 Å². The lowest BCUT2D eigenvalue weighted by Crippen LogP contribution is -2.30. The van der Waals surface area contributed by atoms with E-state index >= 15 is 0 Å². The van der Waals surface area contributed by atoms with Gasteiger partial charge in [-0.1, -0.05) is 25.0 Å². The van der Waals surface area contributed by atoms with E-state index in [0.717, 1.165) is 18.4 Å². The first-order valence-corrected chi connectivity index (χ1v) is 6.16. The molecule has 0 aliphatic rings. The monoisotopic (exact) mass is 257 g/mol. The van der Waals surface area contributed by atoms with Crippen molar-refractivity contribution in [2.24, 2.45) is 0 Å². The van der Waals surface area contributed by atoms with Crippen molar-refractivity contribution in [1.29, 1.82) is 0 Å². The van der Waals surface area contributed by atoms with Crippen molar-refractivity contribution in [3.05, 3.63) is 35.1 Å². The van der Waals surface area contributed by atoms with Gasteiger partial charge in [0.2, 0.25) is 0 Å². The molecule has 0 bridgehead atoms. The number of carbonyl (C=O) groups excluding carboxylic acids is 1. The maximum atomic E-state index is 13.4. The number of alkyl halides is 1. The zero-order valence-corrected chi connectivity index (χ0v) is 10.9. The predicted octanol–water partition coefficient (Wildman–Crippen LogP) is 3.27. The molecule has 0 radical (unpaired) electrons. The maximum Gasteiger partial charge on any atom is 0.254 e. The van der Waals surface area contributed by atoms with Gasteiger partial charge >= 0.3 is 0 Å². The lowest BCUT2D eigenvalue weighted by atomic mass is 10.1. The molecule has 0 saturated carbocycles. The quantitative estimate of drug-likeness (QED) is 0.806. The number of halogens is 2. The van der Waals surface area contributed by atoms with Crippen molar-refractivity contribution in [3.8, 4) is 0 Å². The lowest BCUT2D eigenvalue weighted by molar-refractivity contribution is 0.0949. The summed E-state index contributed by atoms with van der Waals surface area (Å²) in [5.41, 5.74) is 0.929. The van der Waals surface area contributed by atoms with Crippen molar-refractivity contribution in [2.75, 3.05) is 6.54 Å². The Bertz CT molecular complexity index is 395. The number of nitrogens with one attached hydrogen (secondary N) is 1. The molecule has 0 spiro atoms. The van der Waals surface area contributed by atoms with Gasteiger partial charge in [-0.05, 0) is 25.5 Å². The zero-order valence-electron chi connectivity index (χ0n) is 10.1. The normalized spacial score (nSPS) is 12.2. The molecular formula is C13H17ClFNO. The van der Waals surface area contributed by atoms with Crippen LogP contribution in [0.3, 0.4) is 0 Å². The highest BCUT2D eigenvalue weighted by Crippen LogP contribution is 2.10. The van der Waals surface area contributed by atoms with Gasteiger partial charge in [0.25, 0.3) is 5.91 Å². The fourth-order valence-corrected chi connectivity index (χ4v) is 1.82. The van der Waals surface area contributed by atoms with E-state index in [9.17, 15) is 9.18 Å². The minimum atomic E-state index is -0.505. The number of hydrogen-bond acceptors (Lipinski definition) is 1. The molecule has 0 aromatic heterocycles. The highest BCUT2D eigenvalue weighted by atomic mass is 35.5. The molecule has 1 N–H and O–H groups in total. The third-order valence-electron chi connectivity index (χ3n) is 2.45. The van der Waals surface area contributed by atoms with Gasteiger partial charge in [-0.15, -0.1) is 11.6 Å². The van der Waals surface area contributed by atoms with Gasteiger partial charge < -0.3 is 5.32 Å². The summed E-state index contributed by atoms with van der Waals surface area (Å²) in [5, 5.41) is 2.54.